The number of hydrogen-bond donors (Lipinski definition) is 3. The molecule has 0 amide bonds. The van der Waals surface area contributed by atoms with Crippen molar-refractivity contribution in [3.63, 3.8) is 0 Å². The van der Waals surface area contributed by atoms with Crippen molar-refractivity contribution in [2.75, 3.05) is 13.2 Å². The van der Waals surface area contributed by atoms with Crippen LogP contribution in [-0.2, 0) is 4.74 Å². The maximum absolute atomic E-state index is 10.6. The molecule has 8 atom stereocenters. The fraction of sp³-hybridized carbons (Fsp3) is 0.933. The Morgan fingerprint density at radius 3 is 1.97 bits per heavy atom. The molecule has 1 aliphatic carbocycles. The molecule has 0 aromatic rings. The molecule has 0 fully saturated rings. The van der Waals surface area contributed by atoms with E-state index in [1.54, 1.807) is 0 Å². The van der Waals surface area contributed by atoms with Crippen LogP contribution < -0.4 is 0 Å². The summed E-state index contributed by atoms with van der Waals surface area (Å²) in [6.45, 7) is 16.1. The van der Waals surface area contributed by atoms with Crippen molar-refractivity contribution < 1.29 is 20.1 Å². The van der Waals surface area contributed by atoms with Crippen LogP contribution in [0, 0.1) is 29.6 Å². The minimum Gasteiger partial charge on any atom is -0.396 e. The molecule has 0 saturated carbocycles. The van der Waals surface area contributed by atoms with E-state index in [2.05, 4.69) is 47.6 Å². The van der Waals surface area contributed by atoms with Crippen molar-refractivity contribution in [1.82, 2.24) is 0 Å². The predicted octanol–water partition coefficient (Wildman–Crippen LogP) is 6.91. The third kappa shape index (κ3) is 12.0. The minimum absolute atomic E-state index is 0.158. The molecule has 202 valence electrons. The highest BCUT2D eigenvalue weighted by Crippen LogP contribution is 2.35. The zero-order valence-electron chi connectivity index (χ0n) is 23.6. The fourth-order valence-electron chi connectivity index (χ4n) is 5.45. The summed E-state index contributed by atoms with van der Waals surface area (Å²) in [6.07, 6.45) is 13.8. The molecule has 0 bridgehead atoms. The Labute approximate surface area is 211 Å². The van der Waals surface area contributed by atoms with Crippen LogP contribution in [0.2, 0.25) is 0 Å². The SMILES string of the molecule is CCOC1C(CC[C@H](C)CCCC(C)CCCC(C)(O)CCCC(C)CO)=CC(O)C(C)C1C. The van der Waals surface area contributed by atoms with Crippen LogP contribution in [0.3, 0.4) is 0 Å². The Kier molecular flexibility index (Phi) is 15.2. The maximum Gasteiger partial charge on any atom is 0.0814 e. The number of aliphatic hydroxyl groups is 3. The van der Waals surface area contributed by atoms with Gasteiger partial charge in [0, 0.05) is 13.2 Å². The summed E-state index contributed by atoms with van der Waals surface area (Å²) in [5.41, 5.74) is 0.734. The molecule has 0 spiro atoms. The number of hydrogen-bond acceptors (Lipinski definition) is 4. The Morgan fingerprint density at radius 1 is 0.882 bits per heavy atom. The molecular weight excluding hydrogens is 424 g/mol. The monoisotopic (exact) mass is 482 g/mol. The van der Waals surface area contributed by atoms with Gasteiger partial charge in [-0.05, 0) is 81.1 Å². The van der Waals surface area contributed by atoms with Crippen LogP contribution in [0.1, 0.15) is 119 Å². The van der Waals surface area contributed by atoms with Crippen LogP contribution in [0.4, 0.5) is 0 Å². The summed E-state index contributed by atoms with van der Waals surface area (Å²) in [5.74, 6) is 2.33. The molecule has 0 heterocycles. The zero-order chi connectivity index (χ0) is 25.7. The number of ether oxygens (including phenoxy) is 1. The molecule has 1 rings (SSSR count). The topological polar surface area (TPSA) is 69.9 Å². The van der Waals surface area contributed by atoms with E-state index in [4.69, 9.17) is 9.84 Å². The lowest BCUT2D eigenvalue weighted by Crippen LogP contribution is -2.39. The molecule has 4 heteroatoms. The van der Waals surface area contributed by atoms with Crippen molar-refractivity contribution >= 4 is 0 Å². The minimum atomic E-state index is -0.570. The van der Waals surface area contributed by atoms with Gasteiger partial charge in [0.2, 0.25) is 0 Å². The quantitative estimate of drug-likeness (QED) is 0.186. The molecule has 0 radical (unpaired) electrons. The summed E-state index contributed by atoms with van der Waals surface area (Å²) in [4.78, 5) is 0. The summed E-state index contributed by atoms with van der Waals surface area (Å²) in [6, 6.07) is 0. The van der Waals surface area contributed by atoms with Gasteiger partial charge in [0.1, 0.15) is 0 Å². The molecule has 1 aliphatic rings. The van der Waals surface area contributed by atoms with E-state index in [1.165, 1.54) is 31.3 Å². The number of rotatable bonds is 18. The molecule has 0 aromatic heterocycles. The summed E-state index contributed by atoms with van der Waals surface area (Å²) in [7, 11) is 0. The molecular formula is C30H58O4. The molecule has 0 saturated heterocycles. The Hall–Kier alpha value is -0.420. The van der Waals surface area contributed by atoms with E-state index in [1.807, 2.05) is 6.92 Å². The smallest absolute Gasteiger partial charge is 0.0814 e. The molecule has 4 nitrogen and oxygen atoms in total. The van der Waals surface area contributed by atoms with Crippen molar-refractivity contribution in [2.45, 2.75) is 137 Å². The standard InChI is InChI=1S/C30H58O4/c1-8-34-29-26(6)25(5)28(32)20-27(29)17-16-23(3)13-9-12-22(2)14-10-18-30(7,33)19-11-15-24(4)21-31/h20,22-26,28-29,31-33H,8-19,21H2,1-7H3/t22?,23-,24?,25?,26?,28?,29?,30?/m1/s1. The lowest BCUT2D eigenvalue weighted by molar-refractivity contribution is -0.00631. The van der Waals surface area contributed by atoms with E-state index >= 15 is 0 Å². The van der Waals surface area contributed by atoms with Crippen LogP contribution in [0.25, 0.3) is 0 Å². The number of aliphatic hydroxyl groups excluding tert-OH is 2. The van der Waals surface area contributed by atoms with Crippen LogP contribution in [-0.4, -0.2) is 46.3 Å². The average molecular weight is 483 g/mol. The highest BCUT2D eigenvalue weighted by atomic mass is 16.5. The predicted molar refractivity (Wildman–Crippen MR) is 144 cm³/mol. The third-order valence-corrected chi connectivity index (χ3v) is 8.40. The molecule has 0 aliphatic heterocycles. The van der Waals surface area contributed by atoms with Crippen molar-refractivity contribution in [3.8, 4) is 0 Å². The van der Waals surface area contributed by atoms with Gasteiger partial charge in [-0.25, -0.2) is 0 Å². The Bertz CT molecular complexity index is 558. The Balaban J connectivity index is 2.26. The largest absolute Gasteiger partial charge is 0.396 e. The van der Waals surface area contributed by atoms with Gasteiger partial charge in [-0.1, -0.05) is 79.2 Å². The highest BCUT2D eigenvalue weighted by Gasteiger charge is 2.34. The lowest BCUT2D eigenvalue weighted by Gasteiger charge is -2.37. The van der Waals surface area contributed by atoms with Gasteiger partial charge in [-0.15, -0.1) is 0 Å². The van der Waals surface area contributed by atoms with Crippen molar-refractivity contribution in [1.29, 1.82) is 0 Å². The van der Waals surface area contributed by atoms with E-state index in [0.717, 1.165) is 51.6 Å². The van der Waals surface area contributed by atoms with Gasteiger partial charge in [0.25, 0.3) is 0 Å². The van der Waals surface area contributed by atoms with Gasteiger partial charge in [-0.3, -0.25) is 0 Å². The van der Waals surface area contributed by atoms with Gasteiger partial charge in [0.15, 0.2) is 0 Å². The summed E-state index contributed by atoms with van der Waals surface area (Å²) < 4.78 is 6.06. The third-order valence-electron chi connectivity index (χ3n) is 8.40. The summed E-state index contributed by atoms with van der Waals surface area (Å²) >= 11 is 0. The molecule has 3 N–H and O–H groups in total. The van der Waals surface area contributed by atoms with Gasteiger partial charge in [-0.2, -0.15) is 0 Å². The van der Waals surface area contributed by atoms with E-state index in [-0.39, 0.29) is 24.7 Å². The van der Waals surface area contributed by atoms with Gasteiger partial charge < -0.3 is 20.1 Å². The maximum atomic E-state index is 10.6. The van der Waals surface area contributed by atoms with E-state index in [0.29, 0.717) is 23.7 Å². The van der Waals surface area contributed by atoms with Crippen LogP contribution in [0.5, 0.6) is 0 Å². The van der Waals surface area contributed by atoms with Crippen LogP contribution in [0.15, 0.2) is 11.6 Å². The average Bonchev–Trinajstić information content (AvgIpc) is 2.78. The second-order valence-corrected chi connectivity index (χ2v) is 12.1. The lowest BCUT2D eigenvalue weighted by atomic mass is 9.76. The molecule has 7 unspecified atom stereocenters. The van der Waals surface area contributed by atoms with Crippen molar-refractivity contribution in [3.05, 3.63) is 11.6 Å². The first-order valence-corrected chi connectivity index (χ1v) is 14.3. The van der Waals surface area contributed by atoms with Crippen molar-refractivity contribution in [2.24, 2.45) is 29.6 Å². The first-order valence-electron chi connectivity index (χ1n) is 14.3. The van der Waals surface area contributed by atoms with E-state index in [9.17, 15) is 10.2 Å². The normalized spacial score (nSPS) is 27.6. The summed E-state index contributed by atoms with van der Waals surface area (Å²) in [5, 5.41) is 30.2. The second kappa shape index (κ2) is 16.3. The van der Waals surface area contributed by atoms with E-state index < -0.39 is 5.60 Å². The van der Waals surface area contributed by atoms with Gasteiger partial charge >= 0.3 is 0 Å². The first kappa shape index (κ1) is 31.6. The second-order valence-electron chi connectivity index (χ2n) is 12.1. The highest BCUT2D eigenvalue weighted by molar-refractivity contribution is 5.18. The van der Waals surface area contributed by atoms with Crippen LogP contribution >= 0.6 is 0 Å². The Morgan fingerprint density at radius 2 is 1.41 bits per heavy atom. The first-order chi connectivity index (χ1) is 16.0. The molecule has 34 heavy (non-hydrogen) atoms. The fourth-order valence-corrected chi connectivity index (χ4v) is 5.45. The zero-order valence-corrected chi connectivity index (χ0v) is 23.6. The van der Waals surface area contributed by atoms with Gasteiger partial charge in [0.05, 0.1) is 17.8 Å². The molecule has 0 aromatic carbocycles.